The van der Waals surface area contributed by atoms with Gasteiger partial charge in [-0.05, 0) is 17.7 Å². The lowest BCUT2D eigenvalue weighted by molar-refractivity contribution is 0.0296. The smallest absolute Gasteiger partial charge is 0.340 e. The second-order valence-corrected chi connectivity index (χ2v) is 7.66. The van der Waals surface area contributed by atoms with Gasteiger partial charge in [-0.2, -0.15) is 8.42 Å². The van der Waals surface area contributed by atoms with Crippen molar-refractivity contribution in [2.75, 3.05) is 6.61 Å². The van der Waals surface area contributed by atoms with Crippen molar-refractivity contribution in [1.82, 2.24) is 0 Å². The number of epoxide rings is 2. The van der Waals surface area contributed by atoms with Gasteiger partial charge in [0.2, 0.25) is 0 Å². The second kappa shape index (κ2) is 6.48. The molecule has 26 heavy (non-hydrogen) atoms. The van der Waals surface area contributed by atoms with Crippen LogP contribution in [0.5, 0.6) is 0 Å². The van der Waals surface area contributed by atoms with Crippen LogP contribution in [0.4, 0.5) is 0 Å². The standard InChI is InChI=1S/C18H16O7S/c19-16(14-9-5-2-6-10-14)23-17-18(25-17)15(24-18)11-22-26(20,21)12-13-7-3-1-4-8-13/h1-10,15,17H,11-12H2. The molecule has 1 spiro atoms. The summed E-state index contributed by atoms with van der Waals surface area (Å²) in [7, 11) is -3.74. The Bertz CT molecular complexity index is 898. The zero-order valence-corrected chi connectivity index (χ0v) is 14.4. The summed E-state index contributed by atoms with van der Waals surface area (Å²) in [6.07, 6.45) is -1.43. The van der Waals surface area contributed by atoms with E-state index >= 15 is 0 Å². The molecule has 2 fully saturated rings. The molecular weight excluding hydrogens is 360 g/mol. The minimum Gasteiger partial charge on any atom is -0.426 e. The van der Waals surface area contributed by atoms with Crippen molar-refractivity contribution in [2.24, 2.45) is 0 Å². The highest BCUT2D eigenvalue weighted by atomic mass is 32.2. The fraction of sp³-hybridized carbons (Fsp3) is 0.278. The van der Waals surface area contributed by atoms with Crippen LogP contribution in [0.15, 0.2) is 60.7 Å². The molecule has 0 aliphatic carbocycles. The molecular formula is C18H16O7S. The van der Waals surface area contributed by atoms with E-state index in [4.69, 9.17) is 18.4 Å². The maximum atomic E-state index is 12.0. The van der Waals surface area contributed by atoms with Gasteiger partial charge in [-0.25, -0.2) is 4.79 Å². The zero-order chi connectivity index (χ0) is 18.2. The molecule has 3 unspecified atom stereocenters. The highest BCUT2D eigenvalue weighted by molar-refractivity contribution is 7.85. The molecule has 0 bridgehead atoms. The van der Waals surface area contributed by atoms with Gasteiger partial charge in [-0.1, -0.05) is 48.5 Å². The van der Waals surface area contributed by atoms with Crippen molar-refractivity contribution in [2.45, 2.75) is 23.9 Å². The van der Waals surface area contributed by atoms with Gasteiger partial charge in [0.25, 0.3) is 22.2 Å². The van der Waals surface area contributed by atoms with Crippen molar-refractivity contribution < 1.29 is 31.6 Å². The van der Waals surface area contributed by atoms with Gasteiger partial charge in [-0.15, -0.1) is 0 Å². The number of hydrogen-bond acceptors (Lipinski definition) is 7. The molecule has 0 aromatic heterocycles. The Morgan fingerprint density at radius 2 is 1.65 bits per heavy atom. The van der Waals surface area contributed by atoms with Crippen molar-refractivity contribution in [1.29, 1.82) is 0 Å². The fourth-order valence-electron chi connectivity index (χ4n) is 2.61. The van der Waals surface area contributed by atoms with E-state index in [2.05, 4.69) is 0 Å². The normalized spacial score (nSPS) is 26.5. The minimum atomic E-state index is -3.74. The van der Waals surface area contributed by atoms with E-state index in [0.717, 1.165) is 0 Å². The molecule has 0 N–H and O–H groups in total. The van der Waals surface area contributed by atoms with E-state index in [9.17, 15) is 13.2 Å². The van der Waals surface area contributed by atoms with E-state index in [1.165, 1.54) is 0 Å². The van der Waals surface area contributed by atoms with Crippen LogP contribution in [0, 0.1) is 0 Å². The van der Waals surface area contributed by atoms with E-state index in [1.807, 2.05) is 0 Å². The zero-order valence-electron chi connectivity index (χ0n) is 13.6. The van der Waals surface area contributed by atoms with Crippen molar-refractivity contribution in [3.05, 3.63) is 71.8 Å². The third kappa shape index (κ3) is 3.63. The maximum Gasteiger partial charge on any atom is 0.340 e. The number of benzene rings is 2. The highest BCUT2D eigenvalue weighted by Crippen LogP contribution is 2.56. The molecule has 2 saturated heterocycles. The number of hydrogen-bond donors (Lipinski definition) is 0. The van der Waals surface area contributed by atoms with Gasteiger partial charge in [0.1, 0.15) is 11.9 Å². The van der Waals surface area contributed by atoms with E-state index in [1.54, 1.807) is 60.7 Å². The summed E-state index contributed by atoms with van der Waals surface area (Å²) in [5.41, 5.74) is 1.04. The van der Waals surface area contributed by atoms with Gasteiger partial charge in [0.05, 0.1) is 12.2 Å². The van der Waals surface area contributed by atoms with Crippen LogP contribution in [0.3, 0.4) is 0 Å². The lowest BCUT2D eigenvalue weighted by Crippen LogP contribution is -2.16. The monoisotopic (exact) mass is 376 g/mol. The number of carbonyl (C=O) groups is 1. The van der Waals surface area contributed by atoms with Gasteiger partial charge in [0, 0.05) is 0 Å². The van der Waals surface area contributed by atoms with Crippen LogP contribution in [-0.4, -0.2) is 39.2 Å². The number of ether oxygens (including phenoxy) is 3. The van der Waals surface area contributed by atoms with Gasteiger partial charge >= 0.3 is 5.97 Å². The van der Waals surface area contributed by atoms with Crippen LogP contribution >= 0.6 is 0 Å². The first kappa shape index (κ1) is 17.2. The Kier molecular flexibility index (Phi) is 4.28. The molecule has 2 aromatic rings. The summed E-state index contributed by atoms with van der Waals surface area (Å²) >= 11 is 0. The average Bonchev–Trinajstić information content (AvgIpc) is 3.52. The molecule has 7 nitrogen and oxygen atoms in total. The number of esters is 1. The predicted molar refractivity (Wildman–Crippen MR) is 89.4 cm³/mol. The first-order valence-corrected chi connectivity index (χ1v) is 9.59. The summed E-state index contributed by atoms with van der Waals surface area (Å²) in [5, 5.41) is 0. The molecule has 2 aromatic carbocycles. The summed E-state index contributed by atoms with van der Waals surface area (Å²) in [6, 6.07) is 17.2. The Morgan fingerprint density at radius 3 is 2.35 bits per heavy atom. The molecule has 136 valence electrons. The summed E-state index contributed by atoms with van der Waals surface area (Å²) in [6.45, 7) is -0.186. The summed E-state index contributed by atoms with van der Waals surface area (Å²) < 4.78 is 44.8. The van der Waals surface area contributed by atoms with Crippen LogP contribution in [0.25, 0.3) is 0 Å². The van der Waals surface area contributed by atoms with Crippen molar-refractivity contribution >= 4 is 16.1 Å². The van der Waals surface area contributed by atoms with Gasteiger partial charge in [-0.3, -0.25) is 8.92 Å². The first-order chi connectivity index (χ1) is 12.5. The largest absolute Gasteiger partial charge is 0.426 e. The van der Waals surface area contributed by atoms with E-state index in [0.29, 0.717) is 11.1 Å². The number of carbonyl (C=O) groups excluding carboxylic acids is 1. The third-order valence-electron chi connectivity index (χ3n) is 4.09. The Morgan fingerprint density at radius 1 is 1.00 bits per heavy atom. The Hall–Kier alpha value is -2.26. The average molecular weight is 376 g/mol. The quantitative estimate of drug-likeness (QED) is 0.413. The van der Waals surface area contributed by atoms with E-state index in [-0.39, 0.29) is 12.4 Å². The third-order valence-corrected chi connectivity index (χ3v) is 5.27. The fourth-order valence-corrected chi connectivity index (χ4v) is 3.63. The number of rotatable bonds is 7. The summed E-state index contributed by atoms with van der Waals surface area (Å²) in [5.74, 6) is -1.81. The molecule has 8 heteroatoms. The Labute approximate surface area is 150 Å². The van der Waals surface area contributed by atoms with Crippen LogP contribution in [0.2, 0.25) is 0 Å². The molecule has 2 heterocycles. The topological polar surface area (TPSA) is 94.7 Å². The molecule has 0 amide bonds. The lowest BCUT2D eigenvalue weighted by atomic mass is 10.2. The highest BCUT2D eigenvalue weighted by Gasteiger charge is 2.80. The molecule has 0 saturated carbocycles. The maximum absolute atomic E-state index is 12.0. The molecule has 2 aliphatic heterocycles. The van der Waals surface area contributed by atoms with Gasteiger partial charge in [0.15, 0.2) is 0 Å². The second-order valence-electron chi connectivity index (χ2n) is 6.02. The SMILES string of the molecule is O=C(OC1OC12OC2COS(=O)(=O)Cc1ccccc1)c1ccccc1. The van der Waals surface area contributed by atoms with Crippen LogP contribution in [-0.2, 0) is 34.3 Å². The van der Waals surface area contributed by atoms with Crippen molar-refractivity contribution in [3.8, 4) is 0 Å². The van der Waals surface area contributed by atoms with E-state index < -0.39 is 34.3 Å². The van der Waals surface area contributed by atoms with Crippen LogP contribution < -0.4 is 0 Å². The van der Waals surface area contributed by atoms with Crippen molar-refractivity contribution in [3.63, 3.8) is 0 Å². The molecule has 4 rings (SSSR count). The molecule has 2 aliphatic rings. The molecule has 0 radical (unpaired) electrons. The summed E-state index contributed by atoms with van der Waals surface area (Å²) in [4.78, 5) is 12.0. The predicted octanol–water partition coefficient (Wildman–Crippen LogP) is 1.84. The Balaban J connectivity index is 1.26. The molecule has 3 atom stereocenters. The van der Waals surface area contributed by atoms with Gasteiger partial charge < -0.3 is 9.47 Å². The van der Waals surface area contributed by atoms with Crippen LogP contribution in [0.1, 0.15) is 15.9 Å². The first-order valence-electron chi connectivity index (χ1n) is 8.01. The minimum absolute atomic E-state index is 0.186. The lowest BCUT2D eigenvalue weighted by Gasteiger charge is -2.03.